The lowest BCUT2D eigenvalue weighted by atomic mass is 9.92. The van der Waals surface area contributed by atoms with Gasteiger partial charge >= 0.3 is 0 Å². The highest BCUT2D eigenvalue weighted by Crippen LogP contribution is 2.41. The molecule has 5 rings (SSSR count). The van der Waals surface area contributed by atoms with Crippen LogP contribution in [0.25, 0.3) is 20.8 Å². The smallest absolute Gasteiger partial charge is 0.224 e. The van der Waals surface area contributed by atoms with E-state index in [1.165, 1.54) is 0 Å². The van der Waals surface area contributed by atoms with Crippen molar-refractivity contribution in [3.63, 3.8) is 0 Å². The number of ether oxygens (including phenoxy) is 1. The van der Waals surface area contributed by atoms with Gasteiger partial charge in [-0.25, -0.2) is 9.97 Å². The summed E-state index contributed by atoms with van der Waals surface area (Å²) >= 11 is 1.68. The summed E-state index contributed by atoms with van der Waals surface area (Å²) in [4.78, 5) is 17.1. The molecule has 1 saturated heterocycles. The molecule has 1 saturated carbocycles. The predicted octanol–water partition coefficient (Wildman–Crippen LogP) is 3.87. The Hall–Kier alpha value is -2.33. The number of aryl methyl sites for hydroxylation is 1. The third kappa shape index (κ3) is 5.28. The second kappa shape index (κ2) is 10.7. The van der Waals surface area contributed by atoms with Crippen LogP contribution in [0.5, 0.6) is 0 Å². The number of aliphatic hydroxyl groups excluding tert-OH is 1. The minimum atomic E-state index is 0.228. The number of aliphatic hydroxyl groups is 1. The Morgan fingerprint density at radius 2 is 1.91 bits per heavy atom. The first-order chi connectivity index (χ1) is 17.0. The van der Waals surface area contributed by atoms with Crippen molar-refractivity contribution in [1.82, 2.24) is 19.9 Å². The maximum atomic E-state index is 9.86. The normalized spacial score (nSPS) is 25.3. The van der Waals surface area contributed by atoms with E-state index >= 15 is 0 Å². The summed E-state index contributed by atoms with van der Waals surface area (Å²) < 4.78 is 6.61. The molecule has 188 valence electrons. The zero-order chi connectivity index (χ0) is 24.4. The number of benzene rings is 1. The van der Waals surface area contributed by atoms with Gasteiger partial charge in [0, 0.05) is 38.8 Å². The Morgan fingerprint density at radius 3 is 2.66 bits per heavy atom. The Balaban J connectivity index is 1.43. The molecule has 1 aromatic carbocycles. The van der Waals surface area contributed by atoms with E-state index in [0.29, 0.717) is 23.7 Å². The number of anilines is 2. The fraction of sp³-hybridized carbons (Fsp3) is 0.577. The maximum Gasteiger partial charge on any atom is 0.224 e. The van der Waals surface area contributed by atoms with Crippen LogP contribution in [0, 0.1) is 24.7 Å². The number of fused-ring (bicyclic) bond motifs is 1. The van der Waals surface area contributed by atoms with Gasteiger partial charge < -0.3 is 20.5 Å². The molecule has 35 heavy (non-hydrogen) atoms. The molecule has 0 spiro atoms. The summed E-state index contributed by atoms with van der Waals surface area (Å²) in [5.74, 6) is 2.66. The topological polar surface area (TPSA) is 95.4 Å². The molecule has 3 aromatic rings. The molecule has 1 aliphatic heterocycles. The summed E-state index contributed by atoms with van der Waals surface area (Å²) in [6, 6.07) is 8.46. The highest BCUT2D eigenvalue weighted by Gasteiger charge is 2.38. The molecule has 2 aliphatic rings. The van der Waals surface area contributed by atoms with Gasteiger partial charge in [-0.15, -0.1) is 11.3 Å². The average Bonchev–Trinajstić information content (AvgIpc) is 3.40. The summed E-state index contributed by atoms with van der Waals surface area (Å²) in [6.45, 7) is 12.0. The zero-order valence-electron chi connectivity index (χ0n) is 20.8. The Kier molecular flexibility index (Phi) is 7.48. The molecule has 3 N–H and O–H groups in total. The molecule has 3 heterocycles. The number of nitrogens with zero attached hydrogens (tertiary/aromatic N) is 4. The van der Waals surface area contributed by atoms with Gasteiger partial charge in [0.05, 0.1) is 34.7 Å². The number of rotatable bonds is 8. The molecule has 0 bridgehead atoms. The van der Waals surface area contributed by atoms with Crippen molar-refractivity contribution in [3.05, 3.63) is 30.0 Å². The monoisotopic (exact) mass is 496 g/mol. The number of hydrogen-bond donors (Lipinski definition) is 3. The maximum absolute atomic E-state index is 9.86. The van der Waals surface area contributed by atoms with E-state index in [2.05, 4.69) is 35.4 Å². The van der Waals surface area contributed by atoms with Gasteiger partial charge in [0.25, 0.3) is 0 Å². The zero-order valence-corrected chi connectivity index (χ0v) is 21.6. The molecule has 8 nitrogen and oxygen atoms in total. The van der Waals surface area contributed by atoms with Gasteiger partial charge in [-0.2, -0.15) is 4.98 Å². The third-order valence-corrected chi connectivity index (χ3v) is 8.79. The van der Waals surface area contributed by atoms with Crippen LogP contribution in [0.2, 0.25) is 0 Å². The number of nitrogens with one attached hydrogen (secondary N) is 2. The average molecular weight is 497 g/mol. The molecule has 2 aromatic heterocycles. The molecule has 0 unspecified atom stereocenters. The molecule has 9 heteroatoms. The van der Waals surface area contributed by atoms with Crippen molar-refractivity contribution >= 4 is 33.3 Å². The highest BCUT2D eigenvalue weighted by molar-refractivity contribution is 7.21. The first-order valence-electron chi connectivity index (χ1n) is 12.7. The number of morpholine rings is 1. The largest absolute Gasteiger partial charge is 0.396 e. The number of thiazole rings is 1. The number of aromatic nitrogens is 3. The minimum absolute atomic E-state index is 0.228. The number of para-hydroxylation sites is 1. The van der Waals surface area contributed by atoms with Crippen molar-refractivity contribution < 1.29 is 9.84 Å². The Morgan fingerprint density at radius 1 is 1.11 bits per heavy atom. The van der Waals surface area contributed by atoms with Crippen molar-refractivity contribution in [2.45, 2.75) is 33.2 Å². The van der Waals surface area contributed by atoms with Crippen LogP contribution in [0.15, 0.2) is 24.3 Å². The van der Waals surface area contributed by atoms with Gasteiger partial charge in [-0.1, -0.05) is 26.0 Å². The van der Waals surface area contributed by atoms with Crippen molar-refractivity contribution in [1.29, 1.82) is 0 Å². The van der Waals surface area contributed by atoms with E-state index in [-0.39, 0.29) is 12.6 Å². The van der Waals surface area contributed by atoms with Gasteiger partial charge in [0.2, 0.25) is 5.95 Å². The second-order valence-electron chi connectivity index (χ2n) is 9.87. The molecule has 0 amide bonds. The predicted molar refractivity (Wildman–Crippen MR) is 142 cm³/mol. The van der Waals surface area contributed by atoms with Gasteiger partial charge in [0.15, 0.2) is 0 Å². The van der Waals surface area contributed by atoms with Crippen molar-refractivity contribution in [2.24, 2.45) is 17.8 Å². The lowest BCUT2D eigenvalue weighted by molar-refractivity contribution is 0.0398. The molecule has 2 fully saturated rings. The van der Waals surface area contributed by atoms with Crippen LogP contribution in [-0.2, 0) is 4.74 Å². The van der Waals surface area contributed by atoms with E-state index in [1.54, 1.807) is 11.3 Å². The van der Waals surface area contributed by atoms with Crippen LogP contribution in [0.1, 0.15) is 26.0 Å². The van der Waals surface area contributed by atoms with Gasteiger partial charge in [-0.05, 0) is 43.2 Å². The summed E-state index contributed by atoms with van der Waals surface area (Å²) in [5.41, 5.74) is 2.87. The molecule has 4 atom stereocenters. The lowest BCUT2D eigenvalue weighted by Crippen LogP contribution is -2.39. The fourth-order valence-electron chi connectivity index (χ4n) is 5.30. The van der Waals surface area contributed by atoms with E-state index in [4.69, 9.17) is 19.7 Å². The van der Waals surface area contributed by atoms with E-state index in [9.17, 15) is 5.11 Å². The van der Waals surface area contributed by atoms with Crippen molar-refractivity contribution in [3.8, 4) is 10.6 Å². The van der Waals surface area contributed by atoms with Gasteiger partial charge in [-0.3, -0.25) is 4.90 Å². The van der Waals surface area contributed by atoms with E-state index < -0.39 is 0 Å². The van der Waals surface area contributed by atoms with Crippen LogP contribution in [-0.4, -0.2) is 77.0 Å². The summed E-state index contributed by atoms with van der Waals surface area (Å²) in [7, 11) is 0. The van der Waals surface area contributed by atoms with Crippen LogP contribution < -0.4 is 10.6 Å². The first kappa shape index (κ1) is 24.4. The Bertz CT molecular complexity index is 1120. The van der Waals surface area contributed by atoms with Crippen molar-refractivity contribution in [2.75, 3.05) is 56.6 Å². The summed E-state index contributed by atoms with van der Waals surface area (Å²) in [6.07, 6.45) is 0.932. The highest BCUT2D eigenvalue weighted by atomic mass is 32.1. The van der Waals surface area contributed by atoms with Crippen LogP contribution in [0.4, 0.5) is 11.8 Å². The Labute approximate surface area is 211 Å². The third-order valence-electron chi connectivity index (χ3n) is 7.73. The SMILES string of the molecule is Cc1nc(NCCN2CCOCC2)nc(N[C@@H]2C[C@H](CO)[C@@H](C)[C@H]2C)c1-c1nc2ccccc2s1. The van der Waals surface area contributed by atoms with Crippen LogP contribution >= 0.6 is 11.3 Å². The van der Waals surface area contributed by atoms with Gasteiger partial charge in [0.1, 0.15) is 10.8 Å². The standard InChI is InChI=1S/C26H36N6O2S/c1-16-17(2)21(14-19(16)15-33)29-24-23(25-30-20-6-4-5-7-22(20)35-25)18(3)28-26(31-24)27-8-9-32-10-12-34-13-11-32/h4-7,16-17,19,21,33H,8-15H2,1-3H3,(H2,27,28,29,31)/t16-,17+,19+,21+/m0/s1. The lowest BCUT2D eigenvalue weighted by Gasteiger charge is -2.26. The van der Waals surface area contributed by atoms with E-state index in [0.717, 1.165) is 78.1 Å². The molecule has 0 radical (unpaired) electrons. The molecule has 1 aliphatic carbocycles. The summed E-state index contributed by atoms with van der Waals surface area (Å²) in [5, 5.41) is 18.0. The van der Waals surface area contributed by atoms with Crippen LogP contribution in [0.3, 0.4) is 0 Å². The van der Waals surface area contributed by atoms with E-state index in [1.807, 2.05) is 25.1 Å². The molecular formula is C26H36N6O2S. The molecular weight excluding hydrogens is 460 g/mol. The quantitative estimate of drug-likeness (QED) is 0.433. The number of hydrogen-bond acceptors (Lipinski definition) is 9. The second-order valence-corrected chi connectivity index (χ2v) is 10.9. The first-order valence-corrected chi connectivity index (χ1v) is 13.5. The minimum Gasteiger partial charge on any atom is -0.396 e. The fourth-order valence-corrected chi connectivity index (χ4v) is 6.36.